The molecule has 2 aromatic rings. The number of anilines is 1. The van der Waals surface area contributed by atoms with Gasteiger partial charge in [0.15, 0.2) is 0 Å². The summed E-state index contributed by atoms with van der Waals surface area (Å²) in [6, 6.07) is 10.1. The summed E-state index contributed by atoms with van der Waals surface area (Å²) in [5.74, 6) is -1.08. The van der Waals surface area contributed by atoms with Crippen LogP contribution in [0, 0.1) is 0 Å². The van der Waals surface area contributed by atoms with Crippen LogP contribution in [0.2, 0.25) is 10.0 Å². The number of hydrogen-bond donors (Lipinski definition) is 1. The van der Waals surface area contributed by atoms with Crippen LogP contribution in [0.4, 0.5) is 14.5 Å². The summed E-state index contributed by atoms with van der Waals surface area (Å²) < 4.78 is 29.1. The Morgan fingerprint density at radius 3 is 2.61 bits per heavy atom. The Morgan fingerprint density at radius 1 is 1.18 bits per heavy atom. The van der Waals surface area contributed by atoms with Gasteiger partial charge < -0.3 is 15.0 Å². The molecular weight excluding hydrogens is 413 g/mol. The van der Waals surface area contributed by atoms with Gasteiger partial charge in [-0.05, 0) is 42.8 Å². The van der Waals surface area contributed by atoms with Crippen LogP contribution in [-0.4, -0.2) is 36.4 Å². The summed E-state index contributed by atoms with van der Waals surface area (Å²) in [5, 5.41) is 3.32. The van der Waals surface area contributed by atoms with Gasteiger partial charge in [-0.2, -0.15) is 8.78 Å². The van der Waals surface area contributed by atoms with Crippen molar-refractivity contribution < 1.29 is 23.1 Å². The van der Waals surface area contributed by atoms with Gasteiger partial charge >= 0.3 is 6.61 Å². The summed E-state index contributed by atoms with van der Waals surface area (Å²) in [6.45, 7) is -1.09. The number of amides is 2. The second-order valence-corrected chi connectivity index (χ2v) is 6.65. The topological polar surface area (TPSA) is 58.6 Å². The molecule has 28 heavy (non-hydrogen) atoms. The second kappa shape index (κ2) is 10.2. The molecule has 0 aliphatic rings. The zero-order valence-electron chi connectivity index (χ0n) is 14.9. The molecule has 0 aromatic heterocycles. The summed E-state index contributed by atoms with van der Waals surface area (Å²) in [4.78, 5) is 26.4. The van der Waals surface area contributed by atoms with Crippen molar-refractivity contribution in [3.05, 3.63) is 58.1 Å². The number of rotatable bonds is 8. The summed E-state index contributed by atoms with van der Waals surface area (Å²) >= 11 is 11.9. The molecule has 0 unspecified atom stereocenters. The lowest BCUT2D eigenvalue weighted by molar-refractivity contribution is -0.116. The van der Waals surface area contributed by atoms with E-state index in [1.165, 1.54) is 35.2 Å². The maximum absolute atomic E-state index is 12.7. The van der Waals surface area contributed by atoms with E-state index in [0.717, 1.165) is 0 Å². The van der Waals surface area contributed by atoms with Gasteiger partial charge in [-0.25, -0.2) is 0 Å². The minimum atomic E-state index is -3.00. The van der Waals surface area contributed by atoms with Gasteiger partial charge in [0.25, 0.3) is 5.91 Å². The largest absolute Gasteiger partial charge is 0.435 e. The third-order valence-electron chi connectivity index (χ3n) is 3.62. The number of carbonyl (C=O) groups is 2. The molecule has 150 valence electrons. The predicted octanol–water partition coefficient (Wildman–Crippen LogP) is 5.09. The highest BCUT2D eigenvalue weighted by molar-refractivity contribution is 6.35. The normalized spacial score (nSPS) is 10.6. The second-order valence-electron chi connectivity index (χ2n) is 5.81. The Bertz CT molecular complexity index is 850. The van der Waals surface area contributed by atoms with Crippen LogP contribution >= 0.6 is 23.2 Å². The molecule has 0 heterocycles. The number of benzene rings is 2. The van der Waals surface area contributed by atoms with Gasteiger partial charge in [-0.3, -0.25) is 9.59 Å². The Labute approximate surface area is 171 Å². The molecule has 9 heteroatoms. The van der Waals surface area contributed by atoms with Crippen molar-refractivity contribution >= 4 is 40.7 Å². The molecule has 0 saturated carbocycles. The zero-order chi connectivity index (χ0) is 20.7. The highest BCUT2D eigenvalue weighted by atomic mass is 35.5. The van der Waals surface area contributed by atoms with Crippen LogP contribution in [0.5, 0.6) is 5.75 Å². The molecule has 1 N–H and O–H groups in total. The van der Waals surface area contributed by atoms with E-state index in [0.29, 0.717) is 28.7 Å². The fourth-order valence-corrected chi connectivity index (χ4v) is 2.80. The van der Waals surface area contributed by atoms with Crippen LogP contribution in [0.25, 0.3) is 0 Å². The maximum Gasteiger partial charge on any atom is 0.387 e. The molecule has 2 rings (SSSR count). The smallest absolute Gasteiger partial charge is 0.387 e. The highest BCUT2D eigenvalue weighted by Gasteiger charge is 2.20. The molecule has 0 bridgehead atoms. The Balaban J connectivity index is 2.12. The molecule has 0 aliphatic heterocycles. The van der Waals surface area contributed by atoms with E-state index in [2.05, 4.69) is 10.1 Å². The predicted molar refractivity (Wildman–Crippen MR) is 104 cm³/mol. The van der Waals surface area contributed by atoms with Gasteiger partial charge in [-0.1, -0.05) is 36.2 Å². The molecule has 5 nitrogen and oxygen atoms in total. The number of halogens is 4. The van der Waals surface area contributed by atoms with Crippen molar-refractivity contribution in [1.29, 1.82) is 0 Å². The third-order valence-corrected chi connectivity index (χ3v) is 4.19. The fourth-order valence-electron chi connectivity index (χ4n) is 2.47. The van der Waals surface area contributed by atoms with E-state index < -0.39 is 18.4 Å². The molecule has 0 radical (unpaired) electrons. The third kappa shape index (κ3) is 6.35. The monoisotopic (exact) mass is 430 g/mol. The van der Waals surface area contributed by atoms with Crippen LogP contribution in [0.1, 0.15) is 23.7 Å². The van der Waals surface area contributed by atoms with Gasteiger partial charge in [0.05, 0.1) is 10.7 Å². The quantitative estimate of drug-likeness (QED) is 0.634. The number of nitrogens with one attached hydrogen (secondary N) is 1. The number of carbonyl (C=O) groups excluding carboxylic acids is 2. The number of alkyl halides is 2. The molecule has 0 fully saturated rings. The summed E-state index contributed by atoms with van der Waals surface area (Å²) in [5.41, 5.74) is 0.468. The Hall–Kier alpha value is -2.38. The fraction of sp³-hybridized carbons (Fsp3) is 0.263. The van der Waals surface area contributed by atoms with Crippen molar-refractivity contribution in [3.63, 3.8) is 0 Å². The minimum Gasteiger partial charge on any atom is -0.435 e. The van der Waals surface area contributed by atoms with Gasteiger partial charge in [0.2, 0.25) is 5.91 Å². The van der Waals surface area contributed by atoms with Crippen molar-refractivity contribution in [2.24, 2.45) is 0 Å². The van der Waals surface area contributed by atoms with Crippen molar-refractivity contribution in [2.45, 2.75) is 20.0 Å². The average molecular weight is 431 g/mol. The molecule has 0 spiro atoms. The van der Waals surface area contributed by atoms with Gasteiger partial charge in [-0.15, -0.1) is 0 Å². The molecule has 0 atom stereocenters. The van der Waals surface area contributed by atoms with E-state index in [1.807, 2.05) is 6.92 Å². The summed E-state index contributed by atoms with van der Waals surface area (Å²) in [7, 11) is 0. The Kier molecular flexibility index (Phi) is 8.02. The number of nitrogens with zero attached hydrogens (tertiary/aromatic N) is 1. The van der Waals surface area contributed by atoms with Crippen molar-refractivity contribution in [2.75, 3.05) is 18.4 Å². The van der Waals surface area contributed by atoms with Gasteiger partial charge in [0, 0.05) is 17.1 Å². The van der Waals surface area contributed by atoms with Crippen LogP contribution in [0.15, 0.2) is 42.5 Å². The van der Waals surface area contributed by atoms with Crippen LogP contribution in [-0.2, 0) is 4.79 Å². The number of ether oxygens (including phenoxy) is 1. The lowest BCUT2D eigenvalue weighted by Crippen LogP contribution is -2.38. The van der Waals surface area contributed by atoms with Crippen LogP contribution < -0.4 is 10.1 Å². The SMILES string of the molecule is CCCN(CC(=O)Nc1cc(Cl)ccc1Cl)C(=O)c1cccc(OC(F)F)c1. The van der Waals surface area contributed by atoms with Gasteiger partial charge in [0.1, 0.15) is 12.3 Å². The zero-order valence-corrected chi connectivity index (χ0v) is 16.4. The molecule has 2 aromatic carbocycles. The van der Waals surface area contributed by atoms with E-state index in [9.17, 15) is 18.4 Å². The van der Waals surface area contributed by atoms with E-state index in [-0.39, 0.29) is 17.9 Å². The molecule has 0 saturated heterocycles. The van der Waals surface area contributed by atoms with E-state index >= 15 is 0 Å². The van der Waals surface area contributed by atoms with Crippen molar-refractivity contribution in [1.82, 2.24) is 4.90 Å². The Morgan fingerprint density at radius 2 is 1.93 bits per heavy atom. The molecule has 0 aliphatic carbocycles. The first kappa shape index (κ1) is 21.9. The lowest BCUT2D eigenvalue weighted by atomic mass is 10.2. The standard InChI is InChI=1S/C19H18Cl2F2N2O3/c1-2-8-25(11-17(26)24-16-10-13(20)6-7-15(16)21)18(27)12-4-3-5-14(9-12)28-19(22)23/h3-7,9-10,19H,2,8,11H2,1H3,(H,24,26). The highest BCUT2D eigenvalue weighted by Crippen LogP contribution is 2.25. The number of hydrogen-bond acceptors (Lipinski definition) is 3. The first-order valence-electron chi connectivity index (χ1n) is 8.39. The molecule has 2 amide bonds. The summed E-state index contributed by atoms with van der Waals surface area (Å²) in [6.07, 6.45) is 0.601. The van der Waals surface area contributed by atoms with Crippen LogP contribution in [0.3, 0.4) is 0 Å². The van der Waals surface area contributed by atoms with Crippen molar-refractivity contribution in [3.8, 4) is 5.75 Å². The molecular formula is C19H18Cl2F2N2O3. The minimum absolute atomic E-state index is 0.132. The average Bonchev–Trinajstić information content (AvgIpc) is 2.63. The first-order valence-corrected chi connectivity index (χ1v) is 9.14. The maximum atomic E-state index is 12.7. The van der Waals surface area contributed by atoms with E-state index in [1.54, 1.807) is 12.1 Å². The first-order chi connectivity index (χ1) is 13.3. The lowest BCUT2D eigenvalue weighted by Gasteiger charge is -2.22. The van der Waals surface area contributed by atoms with E-state index in [4.69, 9.17) is 23.2 Å².